The van der Waals surface area contributed by atoms with Gasteiger partial charge >= 0.3 is 0 Å². The summed E-state index contributed by atoms with van der Waals surface area (Å²) in [6.45, 7) is 2.97. The lowest BCUT2D eigenvalue weighted by molar-refractivity contribution is 0.295. The average molecular weight is 440 g/mol. The van der Waals surface area contributed by atoms with Gasteiger partial charge in [-0.2, -0.15) is 0 Å². The minimum atomic E-state index is 0.496. The van der Waals surface area contributed by atoms with Crippen molar-refractivity contribution in [3.63, 3.8) is 0 Å². The monoisotopic (exact) mass is 440 g/mol. The van der Waals surface area contributed by atoms with Crippen molar-refractivity contribution in [3.8, 4) is 5.75 Å². The fourth-order valence-electron chi connectivity index (χ4n) is 2.60. The number of rotatable bonds is 3. The second-order valence-electron chi connectivity index (χ2n) is 5.18. The Bertz CT molecular complexity index is 719. The Morgan fingerprint density at radius 2 is 2.00 bits per heavy atom. The number of hydrogen-bond donors (Lipinski definition) is 1. The van der Waals surface area contributed by atoms with Crippen LogP contribution in [-0.2, 0) is 0 Å². The molecule has 0 aliphatic carbocycles. The zero-order valence-electron chi connectivity index (χ0n) is 13.1. The molecule has 8 nitrogen and oxygen atoms in total. The number of ether oxygens (including phenoxy) is 1. The number of pyridine rings is 1. The molecule has 1 N–H and O–H groups in total. The molecular formula is C15H17IN6O2. The Morgan fingerprint density at radius 3 is 2.62 bits per heavy atom. The molecule has 1 aliphatic rings. The number of aromatic nitrogens is 3. The van der Waals surface area contributed by atoms with E-state index in [-0.39, 0.29) is 0 Å². The SMILES string of the molecule is COc1cc(/C(=N\O)N2CCN(c3cnccn3)CC2)cnc1I. The largest absolute Gasteiger partial charge is 0.494 e. The van der Waals surface area contributed by atoms with Gasteiger partial charge in [0.1, 0.15) is 9.52 Å². The number of methoxy groups -OCH3 is 1. The summed E-state index contributed by atoms with van der Waals surface area (Å²) >= 11 is 2.10. The van der Waals surface area contributed by atoms with Crippen molar-refractivity contribution in [3.05, 3.63) is 40.1 Å². The fourth-order valence-corrected chi connectivity index (χ4v) is 3.11. The van der Waals surface area contributed by atoms with Gasteiger partial charge in [0.25, 0.3) is 0 Å². The van der Waals surface area contributed by atoms with Gasteiger partial charge in [-0.3, -0.25) is 4.98 Å². The molecule has 0 saturated carbocycles. The van der Waals surface area contributed by atoms with Crippen LogP contribution in [0.1, 0.15) is 5.56 Å². The maximum atomic E-state index is 9.49. The maximum Gasteiger partial charge on any atom is 0.177 e. The normalized spacial score (nSPS) is 15.5. The highest BCUT2D eigenvalue weighted by atomic mass is 127. The lowest BCUT2D eigenvalue weighted by Crippen LogP contribution is -2.49. The van der Waals surface area contributed by atoms with E-state index < -0.39 is 0 Å². The quantitative estimate of drug-likeness (QED) is 0.193. The molecule has 0 unspecified atom stereocenters. The van der Waals surface area contributed by atoms with Crippen LogP contribution in [0.5, 0.6) is 5.75 Å². The molecule has 0 bridgehead atoms. The summed E-state index contributed by atoms with van der Waals surface area (Å²) in [7, 11) is 1.60. The Labute approximate surface area is 153 Å². The molecule has 0 spiro atoms. The van der Waals surface area contributed by atoms with Gasteiger partial charge in [0.2, 0.25) is 0 Å². The van der Waals surface area contributed by atoms with Gasteiger partial charge in [0.15, 0.2) is 11.6 Å². The van der Waals surface area contributed by atoms with Crippen LogP contribution in [-0.4, -0.2) is 64.2 Å². The second-order valence-corrected chi connectivity index (χ2v) is 6.20. The third-order valence-corrected chi connectivity index (χ3v) is 4.64. The molecule has 0 amide bonds. The molecule has 2 aromatic rings. The standard InChI is InChI=1S/C15H17IN6O2/c1-24-12-8-11(9-19-14(12)16)15(20-23)22-6-4-21(5-7-22)13-10-17-2-3-18-13/h2-3,8-10,23H,4-7H2,1H3/b20-15+. The molecule has 9 heteroatoms. The highest BCUT2D eigenvalue weighted by molar-refractivity contribution is 14.1. The van der Waals surface area contributed by atoms with Crippen molar-refractivity contribution >= 4 is 34.2 Å². The van der Waals surface area contributed by atoms with E-state index in [1.54, 1.807) is 31.9 Å². The summed E-state index contributed by atoms with van der Waals surface area (Å²) in [6, 6.07) is 1.83. The van der Waals surface area contributed by atoms with Crippen molar-refractivity contribution in [1.29, 1.82) is 0 Å². The van der Waals surface area contributed by atoms with Gasteiger partial charge in [0.05, 0.1) is 13.3 Å². The van der Waals surface area contributed by atoms with Crippen molar-refractivity contribution < 1.29 is 9.94 Å². The number of anilines is 1. The Kier molecular flexibility index (Phi) is 5.28. The first-order valence-corrected chi connectivity index (χ1v) is 8.48. The lowest BCUT2D eigenvalue weighted by atomic mass is 10.2. The molecule has 1 saturated heterocycles. The molecule has 3 heterocycles. The summed E-state index contributed by atoms with van der Waals surface area (Å²) in [5, 5.41) is 13.0. The number of amidine groups is 1. The highest BCUT2D eigenvalue weighted by Crippen LogP contribution is 2.21. The summed E-state index contributed by atoms with van der Waals surface area (Å²) in [5.74, 6) is 2.01. The van der Waals surface area contributed by atoms with Crippen LogP contribution in [0.3, 0.4) is 0 Å². The van der Waals surface area contributed by atoms with Crippen LogP contribution < -0.4 is 9.64 Å². The molecule has 3 rings (SSSR count). The minimum Gasteiger partial charge on any atom is -0.494 e. The average Bonchev–Trinajstić information content (AvgIpc) is 2.65. The van der Waals surface area contributed by atoms with Crippen molar-refractivity contribution in [2.45, 2.75) is 0 Å². The number of hydrogen-bond acceptors (Lipinski definition) is 7. The van der Waals surface area contributed by atoms with Crippen LogP contribution in [0.15, 0.2) is 36.0 Å². The molecule has 0 atom stereocenters. The van der Waals surface area contributed by atoms with E-state index in [2.05, 4.69) is 47.6 Å². The van der Waals surface area contributed by atoms with Gasteiger partial charge < -0.3 is 19.7 Å². The van der Waals surface area contributed by atoms with Crippen molar-refractivity contribution in [2.75, 3.05) is 38.2 Å². The smallest absolute Gasteiger partial charge is 0.177 e. The zero-order valence-corrected chi connectivity index (χ0v) is 15.3. The zero-order chi connectivity index (χ0) is 16.9. The van der Waals surface area contributed by atoms with Gasteiger partial charge in [-0.1, -0.05) is 5.16 Å². The summed E-state index contributed by atoms with van der Waals surface area (Å²) in [6.07, 6.45) is 6.79. The van der Waals surface area contributed by atoms with E-state index in [4.69, 9.17) is 4.74 Å². The third kappa shape index (κ3) is 3.50. The van der Waals surface area contributed by atoms with Crippen molar-refractivity contribution in [1.82, 2.24) is 19.9 Å². The molecule has 24 heavy (non-hydrogen) atoms. The molecule has 0 aromatic carbocycles. The summed E-state index contributed by atoms with van der Waals surface area (Å²) in [5.41, 5.74) is 0.725. The van der Waals surface area contributed by atoms with Crippen LogP contribution in [0.4, 0.5) is 5.82 Å². The first-order chi connectivity index (χ1) is 11.7. The van der Waals surface area contributed by atoms with E-state index in [0.29, 0.717) is 24.7 Å². The molecule has 1 fully saturated rings. The highest BCUT2D eigenvalue weighted by Gasteiger charge is 2.23. The first-order valence-electron chi connectivity index (χ1n) is 7.41. The Balaban J connectivity index is 1.72. The number of nitrogens with zero attached hydrogens (tertiary/aromatic N) is 6. The minimum absolute atomic E-state index is 0.496. The van der Waals surface area contributed by atoms with Gasteiger partial charge in [0, 0.05) is 50.3 Å². The fraction of sp³-hybridized carbons (Fsp3) is 0.333. The predicted molar refractivity (Wildman–Crippen MR) is 97.6 cm³/mol. The summed E-state index contributed by atoms with van der Waals surface area (Å²) in [4.78, 5) is 16.9. The van der Waals surface area contributed by atoms with E-state index >= 15 is 0 Å². The van der Waals surface area contributed by atoms with Gasteiger partial charge in [-0.15, -0.1) is 0 Å². The molecular weight excluding hydrogens is 423 g/mol. The molecule has 2 aromatic heterocycles. The number of oxime groups is 1. The topological polar surface area (TPSA) is 87.0 Å². The molecule has 126 valence electrons. The number of halogens is 1. The molecule has 0 radical (unpaired) electrons. The van der Waals surface area contributed by atoms with E-state index in [1.807, 2.05) is 11.0 Å². The van der Waals surface area contributed by atoms with Crippen LogP contribution >= 0.6 is 22.6 Å². The van der Waals surface area contributed by atoms with Crippen LogP contribution in [0.25, 0.3) is 0 Å². The Morgan fingerprint density at radius 1 is 1.21 bits per heavy atom. The number of piperazine rings is 1. The van der Waals surface area contributed by atoms with Crippen LogP contribution in [0.2, 0.25) is 0 Å². The first kappa shape index (κ1) is 16.7. The Hall–Kier alpha value is -2.17. The van der Waals surface area contributed by atoms with Gasteiger partial charge in [-0.05, 0) is 28.7 Å². The molecule has 1 aliphatic heterocycles. The van der Waals surface area contributed by atoms with Gasteiger partial charge in [-0.25, -0.2) is 9.97 Å². The predicted octanol–water partition coefficient (Wildman–Crippen LogP) is 1.44. The van der Waals surface area contributed by atoms with Crippen LogP contribution in [0, 0.1) is 3.70 Å². The van der Waals surface area contributed by atoms with E-state index in [0.717, 1.165) is 28.2 Å². The van der Waals surface area contributed by atoms with E-state index in [1.165, 1.54) is 0 Å². The third-order valence-electron chi connectivity index (χ3n) is 3.83. The maximum absolute atomic E-state index is 9.49. The summed E-state index contributed by atoms with van der Waals surface area (Å²) < 4.78 is 6.06. The van der Waals surface area contributed by atoms with Crippen molar-refractivity contribution in [2.24, 2.45) is 5.16 Å². The van der Waals surface area contributed by atoms with E-state index in [9.17, 15) is 5.21 Å². The second kappa shape index (κ2) is 7.60. The lowest BCUT2D eigenvalue weighted by Gasteiger charge is -2.36.